The van der Waals surface area contributed by atoms with Gasteiger partial charge in [-0.1, -0.05) is 30.3 Å². The van der Waals surface area contributed by atoms with Gasteiger partial charge in [0.25, 0.3) is 0 Å². The zero-order valence-electron chi connectivity index (χ0n) is 15.8. The van der Waals surface area contributed by atoms with E-state index in [2.05, 4.69) is 41.7 Å². The summed E-state index contributed by atoms with van der Waals surface area (Å²) in [6.45, 7) is 1.84. The van der Waals surface area contributed by atoms with Crippen molar-refractivity contribution in [3.63, 3.8) is 0 Å². The molecule has 0 aliphatic heterocycles. The van der Waals surface area contributed by atoms with E-state index >= 15 is 0 Å². The molecule has 1 aromatic carbocycles. The van der Waals surface area contributed by atoms with Crippen molar-refractivity contribution in [2.24, 2.45) is 10.2 Å². The van der Waals surface area contributed by atoms with E-state index in [0.29, 0.717) is 39.9 Å². The monoisotopic (exact) mass is 394 g/mol. The summed E-state index contributed by atoms with van der Waals surface area (Å²) in [6.07, 6.45) is 4.75. The van der Waals surface area contributed by atoms with Crippen molar-refractivity contribution in [2.75, 3.05) is 0 Å². The predicted molar refractivity (Wildman–Crippen MR) is 108 cm³/mol. The Balaban J connectivity index is 1.59. The number of aromatic amines is 1. The van der Waals surface area contributed by atoms with Crippen molar-refractivity contribution >= 4 is 17.2 Å². The summed E-state index contributed by atoms with van der Waals surface area (Å²) in [6, 6.07) is 15.4. The Kier molecular flexibility index (Phi) is 4.11. The Morgan fingerprint density at radius 2 is 1.93 bits per heavy atom. The lowest BCUT2D eigenvalue weighted by Gasteiger charge is -2.02. The number of benzene rings is 1. The van der Waals surface area contributed by atoms with E-state index in [1.807, 2.05) is 43.3 Å². The number of nitriles is 1. The Bertz CT molecular complexity index is 1400. The highest BCUT2D eigenvalue weighted by molar-refractivity contribution is 5.70. The molecular formula is C20H14N10. The summed E-state index contributed by atoms with van der Waals surface area (Å²) in [7, 11) is 0. The summed E-state index contributed by atoms with van der Waals surface area (Å²) in [5.41, 5.74) is 3.73. The zero-order valence-corrected chi connectivity index (χ0v) is 15.8. The van der Waals surface area contributed by atoms with Gasteiger partial charge in [0, 0.05) is 11.8 Å². The van der Waals surface area contributed by atoms with Crippen LogP contribution in [0.2, 0.25) is 0 Å². The molecule has 0 unspecified atom stereocenters. The molecule has 0 aliphatic rings. The van der Waals surface area contributed by atoms with Crippen LogP contribution in [0.4, 0.5) is 11.5 Å². The molecule has 10 heteroatoms. The Labute approximate surface area is 170 Å². The molecule has 0 atom stereocenters. The number of aryl methyl sites for hydroxylation is 1. The average Bonchev–Trinajstić information content (AvgIpc) is 3.47. The van der Waals surface area contributed by atoms with Gasteiger partial charge in [-0.3, -0.25) is 10.1 Å². The first-order chi connectivity index (χ1) is 14.8. The summed E-state index contributed by atoms with van der Waals surface area (Å²) < 4.78 is 3.22. The number of aromatic nitrogens is 7. The first kappa shape index (κ1) is 17.4. The van der Waals surface area contributed by atoms with Gasteiger partial charge in [0.05, 0.1) is 23.8 Å². The fraction of sp³-hybridized carbons (Fsp3) is 0.0500. The van der Waals surface area contributed by atoms with Crippen LogP contribution in [0.5, 0.6) is 0 Å². The van der Waals surface area contributed by atoms with Gasteiger partial charge in [-0.25, -0.2) is 4.68 Å². The normalized spacial score (nSPS) is 11.3. The maximum absolute atomic E-state index is 9.44. The average molecular weight is 394 g/mol. The molecule has 30 heavy (non-hydrogen) atoms. The third-order valence-electron chi connectivity index (χ3n) is 4.53. The van der Waals surface area contributed by atoms with Crippen LogP contribution in [0.15, 0.2) is 71.3 Å². The van der Waals surface area contributed by atoms with Gasteiger partial charge in [-0.2, -0.15) is 25.1 Å². The van der Waals surface area contributed by atoms with Crippen molar-refractivity contribution in [1.29, 1.82) is 5.26 Å². The largest absolute Gasteiger partial charge is 0.262 e. The second kappa shape index (κ2) is 7.06. The number of hydrogen-bond donors (Lipinski definition) is 1. The summed E-state index contributed by atoms with van der Waals surface area (Å²) in [4.78, 5) is 4.09. The molecule has 10 nitrogen and oxygen atoms in total. The lowest BCUT2D eigenvalue weighted by molar-refractivity contribution is 0.864. The van der Waals surface area contributed by atoms with Crippen LogP contribution in [0, 0.1) is 18.3 Å². The predicted octanol–water partition coefficient (Wildman–Crippen LogP) is 3.90. The molecule has 0 saturated heterocycles. The maximum atomic E-state index is 9.44. The highest BCUT2D eigenvalue weighted by atomic mass is 15.4. The van der Waals surface area contributed by atoms with Crippen molar-refractivity contribution in [3.8, 4) is 23.1 Å². The van der Waals surface area contributed by atoms with E-state index in [-0.39, 0.29) is 0 Å². The van der Waals surface area contributed by atoms with Gasteiger partial charge in [0.15, 0.2) is 23.0 Å². The third-order valence-corrected chi connectivity index (χ3v) is 4.53. The van der Waals surface area contributed by atoms with Crippen LogP contribution in [-0.4, -0.2) is 34.6 Å². The molecule has 0 amide bonds. The molecule has 5 aromatic rings. The number of H-pyrrole nitrogens is 1. The highest BCUT2D eigenvalue weighted by Crippen LogP contribution is 2.30. The minimum Gasteiger partial charge on any atom is -0.262 e. The lowest BCUT2D eigenvalue weighted by Crippen LogP contribution is -1.95. The Hall–Kier alpha value is -4.65. The van der Waals surface area contributed by atoms with Crippen LogP contribution in [0.1, 0.15) is 11.3 Å². The van der Waals surface area contributed by atoms with Crippen molar-refractivity contribution < 1.29 is 0 Å². The van der Waals surface area contributed by atoms with E-state index in [1.165, 1.54) is 10.9 Å². The number of hydrogen-bond acceptors (Lipinski definition) is 7. The van der Waals surface area contributed by atoms with Gasteiger partial charge >= 0.3 is 0 Å². The molecule has 5 rings (SSSR count). The number of rotatable bonds is 4. The fourth-order valence-corrected chi connectivity index (χ4v) is 3.10. The molecule has 4 aromatic heterocycles. The fourth-order valence-electron chi connectivity index (χ4n) is 3.10. The van der Waals surface area contributed by atoms with E-state index in [0.717, 1.165) is 5.56 Å². The topological polar surface area (TPSA) is 125 Å². The Morgan fingerprint density at radius 3 is 2.70 bits per heavy atom. The molecule has 4 heterocycles. The molecule has 1 N–H and O–H groups in total. The number of fused-ring (bicyclic) bond motifs is 1. The molecule has 0 spiro atoms. The van der Waals surface area contributed by atoms with Crippen LogP contribution >= 0.6 is 0 Å². The molecular weight excluding hydrogens is 380 g/mol. The van der Waals surface area contributed by atoms with Crippen molar-refractivity contribution in [1.82, 2.24) is 34.6 Å². The summed E-state index contributed by atoms with van der Waals surface area (Å²) >= 11 is 0. The minimum atomic E-state index is 0.304. The van der Waals surface area contributed by atoms with E-state index < -0.39 is 0 Å². The van der Waals surface area contributed by atoms with Gasteiger partial charge in [-0.05, 0) is 19.1 Å². The molecule has 0 saturated carbocycles. The molecule has 0 fully saturated rings. The smallest absolute Gasteiger partial charge is 0.195 e. The van der Waals surface area contributed by atoms with E-state index in [9.17, 15) is 5.26 Å². The van der Waals surface area contributed by atoms with Crippen molar-refractivity contribution in [2.45, 2.75) is 6.92 Å². The number of pyridine rings is 1. The van der Waals surface area contributed by atoms with Crippen LogP contribution in [-0.2, 0) is 0 Å². The van der Waals surface area contributed by atoms with E-state index in [1.54, 1.807) is 23.0 Å². The second-order valence-electron chi connectivity index (χ2n) is 6.42. The minimum absolute atomic E-state index is 0.304. The lowest BCUT2D eigenvalue weighted by atomic mass is 10.2. The number of nitrogens with zero attached hydrogens (tertiary/aromatic N) is 9. The quantitative estimate of drug-likeness (QED) is 0.463. The first-order valence-corrected chi connectivity index (χ1v) is 9.05. The zero-order chi connectivity index (χ0) is 20.5. The van der Waals surface area contributed by atoms with Crippen LogP contribution < -0.4 is 0 Å². The van der Waals surface area contributed by atoms with Crippen LogP contribution in [0.25, 0.3) is 22.7 Å². The SMILES string of the molecule is Cc1nn2c(-c3ccccc3)n[nH]c2c1/N=N/c1c(C#N)cnn1-c1cccnc1. The van der Waals surface area contributed by atoms with Gasteiger partial charge < -0.3 is 0 Å². The number of nitrogens with one attached hydrogen (secondary N) is 1. The summed E-state index contributed by atoms with van der Waals surface area (Å²) in [5.74, 6) is 0.986. The highest BCUT2D eigenvalue weighted by Gasteiger charge is 2.17. The second-order valence-corrected chi connectivity index (χ2v) is 6.42. The number of azo groups is 1. The van der Waals surface area contributed by atoms with Gasteiger partial charge in [0.1, 0.15) is 11.6 Å². The van der Waals surface area contributed by atoms with Gasteiger partial charge in [0.2, 0.25) is 0 Å². The Morgan fingerprint density at radius 1 is 1.07 bits per heavy atom. The van der Waals surface area contributed by atoms with E-state index in [4.69, 9.17) is 0 Å². The molecule has 144 valence electrons. The molecule has 0 aliphatic carbocycles. The van der Waals surface area contributed by atoms with Crippen molar-refractivity contribution in [3.05, 3.63) is 72.3 Å². The molecule has 0 bridgehead atoms. The first-order valence-electron chi connectivity index (χ1n) is 9.05. The third kappa shape index (κ3) is 2.82. The summed E-state index contributed by atoms with van der Waals surface area (Å²) in [5, 5.41) is 34.3. The molecule has 0 radical (unpaired) electrons. The maximum Gasteiger partial charge on any atom is 0.195 e. The standard InChI is InChI=1S/C20H14N10/c1-13-17(20-27-26-18(30(20)28-13)14-6-3-2-4-7-14)24-25-19-15(10-21)11-23-29(19)16-8-5-9-22-12-16/h2-9,11-12,27H,1H3/b25-24+. The van der Waals surface area contributed by atoms with Crippen LogP contribution in [0.3, 0.4) is 0 Å². The van der Waals surface area contributed by atoms with Gasteiger partial charge in [-0.15, -0.1) is 10.2 Å².